The van der Waals surface area contributed by atoms with Gasteiger partial charge < -0.3 is 19.8 Å². The summed E-state index contributed by atoms with van der Waals surface area (Å²) in [6.45, 7) is 9.37. The minimum Gasteiger partial charge on any atom is -0.453 e. The van der Waals surface area contributed by atoms with E-state index in [1.165, 1.54) is 6.92 Å². The molecule has 1 amide bonds. The van der Waals surface area contributed by atoms with Crippen LogP contribution in [-0.2, 0) is 20.9 Å². The van der Waals surface area contributed by atoms with E-state index in [1.807, 2.05) is 57.3 Å². The molecule has 2 aromatic heterocycles. The minimum atomic E-state index is -0.863. The average Bonchev–Trinajstić information content (AvgIpc) is 2.95. The summed E-state index contributed by atoms with van der Waals surface area (Å²) >= 11 is 0. The molecule has 1 unspecified atom stereocenters. The number of hydrogen-bond acceptors (Lipinski definition) is 5. The van der Waals surface area contributed by atoms with Crippen LogP contribution in [0.1, 0.15) is 36.4 Å². The van der Waals surface area contributed by atoms with E-state index in [4.69, 9.17) is 4.74 Å². The number of nitrogens with zero attached hydrogens (tertiary/aromatic N) is 2. The molecule has 0 saturated heterocycles. The lowest BCUT2D eigenvalue weighted by molar-refractivity contribution is -0.150. The van der Waals surface area contributed by atoms with Crippen LogP contribution in [0.2, 0.25) is 0 Å². The molecular weight excluding hydrogens is 368 g/mol. The quantitative estimate of drug-likeness (QED) is 0.622. The Morgan fingerprint density at radius 2 is 1.86 bits per heavy atom. The molecule has 3 aromatic rings. The first-order valence-electron chi connectivity index (χ1n) is 9.52. The number of ether oxygens (including phenoxy) is 1. The maximum atomic E-state index is 12.4. The van der Waals surface area contributed by atoms with E-state index in [2.05, 4.69) is 20.0 Å². The van der Waals surface area contributed by atoms with Gasteiger partial charge in [-0.05, 0) is 57.0 Å². The SMILES string of the molecule is CC(=O)OC(C)C(=O)Nc1cccc(C)c1CNc1cccn2c(C)c(C)nc12. The highest BCUT2D eigenvalue weighted by Crippen LogP contribution is 2.24. The summed E-state index contributed by atoms with van der Waals surface area (Å²) in [5, 5.41) is 6.31. The first-order chi connectivity index (χ1) is 13.8. The van der Waals surface area contributed by atoms with Crippen LogP contribution in [-0.4, -0.2) is 27.4 Å². The third-order valence-corrected chi connectivity index (χ3v) is 4.96. The first kappa shape index (κ1) is 20.4. The fraction of sp³-hybridized carbons (Fsp3) is 0.318. The van der Waals surface area contributed by atoms with E-state index in [9.17, 15) is 9.59 Å². The smallest absolute Gasteiger partial charge is 0.303 e. The highest BCUT2D eigenvalue weighted by molar-refractivity contribution is 5.95. The molecule has 1 atom stereocenters. The normalized spacial score (nSPS) is 11.9. The zero-order valence-corrected chi connectivity index (χ0v) is 17.4. The Labute approximate surface area is 170 Å². The zero-order valence-electron chi connectivity index (χ0n) is 17.4. The van der Waals surface area contributed by atoms with Crippen LogP contribution in [0.15, 0.2) is 36.5 Å². The number of carbonyl (C=O) groups excluding carboxylic acids is 2. The fourth-order valence-electron chi connectivity index (χ4n) is 3.21. The molecule has 2 heterocycles. The molecule has 152 valence electrons. The molecule has 2 N–H and O–H groups in total. The van der Waals surface area contributed by atoms with Gasteiger partial charge in [-0.1, -0.05) is 12.1 Å². The third-order valence-electron chi connectivity index (χ3n) is 4.96. The van der Waals surface area contributed by atoms with Gasteiger partial charge in [-0.2, -0.15) is 0 Å². The summed E-state index contributed by atoms with van der Waals surface area (Å²) in [5.41, 5.74) is 6.55. The van der Waals surface area contributed by atoms with Gasteiger partial charge in [0.1, 0.15) is 0 Å². The van der Waals surface area contributed by atoms with Gasteiger partial charge in [0.2, 0.25) is 0 Å². The van der Waals surface area contributed by atoms with E-state index in [0.717, 1.165) is 33.8 Å². The summed E-state index contributed by atoms with van der Waals surface area (Å²) < 4.78 is 7.02. The highest BCUT2D eigenvalue weighted by Gasteiger charge is 2.18. The summed E-state index contributed by atoms with van der Waals surface area (Å²) in [4.78, 5) is 28.1. The Kier molecular flexibility index (Phi) is 5.87. The van der Waals surface area contributed by atoms with Crippen molar-refractivity contribution in [2.45, 2.75) is 47.3 Å². The maximum Gasteiger partial charge on any atom is 0.303 e. The van der Waals surface area contributed by atoms with Gasteiger partial charge in [-0.3, -0.25) is 9.59 Å². The van der Waals surface area contributed by atoms with Crippen molar-refractivity contribution in [1.82, 2.24) is 9.38 Å². The lowest BCUT2D eigenvalue weighted by Crippen LogP contribution is -2.29. The van der Waals surface area contributed by atoms with Gasteiger partial charge in [0.25, 0.3) is 5.91 Å². The number of nitrogens with one attached hydrogen (secondary N) is 2. The number of anilines is 2. The van der Waals surface area contributed by atoms with Crippen LogP contribution < -0.4 is 10.6 Å². The van der Waals surface area contributed by atoms with Gasteiger partial charge in [0, 0.05) is 31.0 Å². The number of aromatic nitrogens is 2. The second-order valence-corrected chi connectivity index (χ2v) is 7.09. The van der Waals surface area contributed by atoms with E-state index in [-0.39, 0.29) is 5.91 Å². The molecular formula is C22H26N4O3. The molecule has 0 aliphatic heterocycles. The zero-order chi connectivity index (χ0) is 21.1. The predicted molar refractivity (Wildman–Crippen MR) is 113 cm³/mol. The molecule has 1 aromatic carbocycles. The second-order valence-electron chi connectivity index (χ2n) is 7.09. The first-order valence-corrected chi connectivity index (χ1v) is 9.52. The Morgan fingerprint density at radius 1 is 1.14 bits per heavy atom. The van der Waals surface area contributed by atoms with E-state index < -0.39 is 12.1 Å². The minimum absolute atomic E-state index is 0.367. The molecule has 0 aliphatic rings. The highest BCUT2D eigenvalue weighted by atomic mass is 16.5. The second kappa shape index (κ2) is 8.34. The van der Waals surface area contributed by atoms with Crippen molar-refractivity contribution in [1.29, 1.82) is 0 Å². The number of esters is 1. The van der Waals surface area contributed by atoms with Gasteiger partial charge in [0.05, 0.1) is 11.4 Å². The van der Waals surface area contributed by atoms with Gasteiger partial charge in [-0.25, -0.2) is 4.98 Å². The van der Waals surface area contributed by atoms with E-state index in [0.29, 0.717) is 12.2 Å². The Hall–Kier alpha value is -3.35. The number of imidazole rings is 1. The van der Waals surface area contributed by atoms with Crippen molar-refractivity contribution in [3.63, 3.8) is 0 Å². The summed E-state index contributed by atoms with van der Waals surface area (Å²) in [5.74, 6) is -0.856. The topological polar surface area (TPSA) is 84.7 Å². The number of fused-ring (bicyclic) bond motifs is 1. The Bertz CT molecular complexity index is 1070. The molecule has 29 heavy (non-hydrogen) atoms. The van der Waals surface area contributed by atoms with Crippen molar-refractivity contribution in [3.05, 3.63) is 59.0 Å². The van der Waals surface area contributed by atoms with E-state index >= 15 is 0 Å². The number of pyridine rings is 1. The fourth-order valence-corrected chi connectivity index (χ4v) is 3.21. The van der Waals surface area contributed by atoms with Crippen LogP contribution in [0, 0.1) is 20.8 Å². The third kappa shape index (κ3) is 4.39. The summed E-state index contributed by atoms with van der Waals surface area (Å²) in [6.07, 6.45) is 1.13. The molecule has 0 bridgehead atoms. The van der Waals surface area contributed by atoms with Crippen molar-refractivity contribution >= 4 is 28.9 Å². The van der Waals surface area contributed by atoms with Gasteiger partial charge >= 0.3 is 5.97 Å². The molecule has 3 rings (SSSR count). The number of rotatable bonds is 6. The van der Waals surface area contributed by atoms with Crippen LogP contribution in [0.3, 0.4) is 0 Å². The van der Waals surface area contributed by atoms with Crippen LogP contribution in [0.5, 0.6) is 0 Å². The number of carbonyl (C=O) groups is 2. The predicted octanol–water partition coefficient (Wildman–Crippen LogP) is 3.76. The molecule has 7 heteroatoms. The molecule has 0 radical (unpaired) electrons. The Balaban J connectivity index is 1.82. The van der Waals surface area contributed by atoms with Crippen molar-refractivity contribution < 1.29 is 14.3 Å². The molecule has 0 fully saturated rings. The lowest BCUT2D eigenvalue weighted by atomic mass is 10.1. The monoisotopic (exact) mass is 394 g/mol. The molecule has 7 nitrogen and oxygen atoms in total. The molecule has 0 aliphatic carbocycles. The molecule has 0 saturated carbocycles. The average molecular weight is 394 g/mol. The van der Waals surface area contributed by atoms with Gasteiger partial charge in [0.15, 0.2) is 11.8 Å². The largest absolute Gasteiger partial charge is 0.453 e. The van der Waals surface area contributed by atoms with Gasteiger partial charge in [-0.15, -0.1) is 0 Å². The van der Waals surface area contributed by atoms with Crippen molar-refractivity contribution in [3.8, 4) is 0 Å². The number of benzene rings is 1. The summed E-state index contributed by atoms with van der Waals surface area (Å²) in [7, 11) is 0. The standard InChI is InChI=1S/C22H26N4O3/c1-13-8-6-9-19(25-22(28)16(4)29-17(5)27)18(13)12-23-20-10-7-11-26-15(3)14(2)24-21(20)26/h6-11,16,23H,12H2,1-5H3,(H,25,28). The van der Waals surface area contributed by atoms with Crippen LogP contribution in [0.25, 0.3) is 5.65 Å². The number of aryl methyl sites for hydroxylation is 3. The Morgan fingerprint density at radius 3 is 2.59 bits per heavy atom. The van der Waals surface area contributed by atoms with Crippen molar-refractivity contribution in [2.75, 3.05) is 10.6 Å². The van der Waals surface area contributed by atoms with Crippen LogP contribution >= 0.6 is 0 Å². The maximum absolute atomic E-state index is 12.4. The number of amides is 1. The van der Waals surface area contributed by atoms with Crippen molar-refractivity contribution in [2.24, 2.45) is 0 Å². The number of hydrogen-bond donors (Lipinski definition) is 2. The van der Waals surface area contributed by atoms with E-state index in [1.54, 1.807) is 6.92 Å². The summed E-state index contributed by atoms with van der Waals surface area (Å²) in [6, 6.07) is 9.68. The molecule has 0 spiro atoms. The lowest BCUT2D eigenvalue weighted by Gasteiger charge is -2.17. The van der Waals surface area contributed by atoms with Crippen LogP contribution in [0.4, 0.5) is 11.4 Å².